The minimum atomic E-state index is -0.847. The van der Waals surface area contributed by atoms with Crippen molar-refractivity contribution in [2.75, 3.05) is 59.8 Å². The molecule has 0 spiro atoms. The fourth-order valence-corrected chi connectivity index (χ4v) is 5.19. The summed E-state index contributed by atoms with van der Waals surface area (Å²) in [6.45, 7) is 3.76. The molecule has 0 fully saturated rings. The average molecular weight is 644 g/mol. The van der Waals surface area contributed by atoms with Crippen LogP contribution in [0, 0.1) is 0 Å². The number of aliphatic hydroxyl groups is 1. The number of carbonyl (C=O) groups is 3. The third-order valence-corrected chi connectivity index (χ3v) is 7.53. The molecule has 2 aromatic carbocycles. The van der Waals surface area contributed by atoms with Crippen LogP contribution in [0.25, 0.3) is 21.8 Å². The van der Waals surface area contributed by atoms with E-state index in [2.05, 4.69) is 41.0 Å². The van der Waals surface area contributed by atoms with Crippen molar-refractivity contribution in [3.8, 4) is 0 Å². The summed E-state index contributed by atoms with van der Waals surface area (Å²) in [5, 5.41) is 16.6. The van der Waals surface area contributed by atoms with E-state index in [9.17, 15) is 14.4 Å². The number of aliphatic hydroxyl groups excluding tert-OH is 1. The predicted octanol–water partition coefficient (Wildman–Crippen LogP) is 3.57. The number of aryl methyl sites for hydroxylation is 2. The topological polar surface area (TPSA) is 163 Å². The highest BCUT2D eigenvalue weighted by Gasteiger charge is 2.14. The van der Waals surface area contributed by atoms with Gasteiger partial charge < -0.3 is 45.0 Å². The van der Waals surface area contributed by atoms with Crippen LogP contribution in [-0.4, -0.2) is 87.4 Å². The summed E-state index contributed by atoms with van der Waals surface area (Å²) in [6.07, 6.45) is 5.03. The molecule has 0 aliphatic rings. The van der Waals surface area contributed by atoms with E-state index in [1.165, 1.54) is 0 Å². The van der Waals surface area contributed by atoms with Crippen molar-refractivity contribution < 1.29 is 39.8 Å². The van der Waals surface area contributed by atoms with Crippen LogP contribution in [0.3, 0.4) is 0 Å². The molecular weight excluding hydrogens is 592 g/mol. The molecule has 1 aromatic heterocycles. The molecule has 0 radical (unpaired) electrons. The normalized spacial score (nSPS) is 11.5. The fraction of sp³-hybridized carbons (Fsp3) is 0.559. The summed E-state index contributed by atoms with van der Waals surface area (Å²) in [4.78, 5) is 36.3. The summed E-state index contributed by atoms with van der Waals surface area (Å²) in [7, 11) is 1.65. The number of benzene rings is 2. The molecule has 5 N–H and O–H groups in total. The van der Waals surface area contributed by atoms with Gasteiger partial charge in [-0.3, -0.25) is 9.59 Å². The number of carbonyl (C=O) groups excluding carboxylic acids is 3. The molecule has 0 atom stereocenters. The highest BCUT2D eigenvalue weighted by Crippen LogP contribution is 2.31. The van der Waals surface area contributed by atoms with Crippen molar-refractivity contribution in [1.82, 2.24) is 15.2 Å². The summed E-state index contributed by atoms with van der Waals surface area (Å²) < 4.78 is 30.2. The van der Waals surface area contributed by atoms with Crippen LogP contribution in [0.1, 0.15) is 56.1 Å². The van der Waals surface area contributed by atoms with E-state index in [-0.39, 0.29) is 25.2 Å². The van der Waals surface area contributed by atoms with Gasteiger partial charge in [0, 0.05) is 70.2 Å². The lowest BCUT2D eigenvalue weighted by Crippen LogP contribution is -2.27. The Bertz CT molecular complexity index is 1310. The Hall–Kier alpha value is -3.71. The molecule has 0 aliphatic heterocycles. The van der Waals surface area contributed by atoms with Gasteiger partial charge in [0.2, 0.25) is 11.8 Å². The summed E-state index contributed by atoms with van der Waals surface area (Å²) in [5.41, 5.74) is 5.64. The first-order valence-corrected chi connectivity index (χ1v) is 16.1. The Kier molecular flexibility index (Phi) is 16.2. The zero-order valence-corrected chi connectivity index (χ0v) is 26.9. The molecule has 12 heteroatoms. The lowest BCUT2D eigenvalue weighted by molar-refractivity contribution is -0.122. The summed E-state index contributed by atoms with van der Waals surface area (Å²) >= 11 is 0. The number of unbranched alkanes of at least 4 members (excludes halogenated alkanes) is 1. The Morgan fingerprint density at radius 2 is 1.35 bits per heavy atom. The number of rotatable bonds is 24. The second kappa shape index (κ2) is 21.2. The van der Waals surface area contributed by atoms with E-state index in [1.54, 1.807) is 12.8 Å². The average Bonchev–Trinajstić information content (AvgIpc) is 3.38. The third kappa shape index (κ3) is 13.0. The Morgan fingerprint density at radius 1 is 0.783 bits per heavy atom. The molecule has 0 bridgehead atoms. The molecule has 1 heterocycles. The van der Waals surface area contributed by atoms with Gasteiger partial charge in [-0.1, -0.05) is 24.3 Å². The number of nitrogens with zero attached hydrogens (tertiary/aromatic N) is 1. The minimum absolute atomic E-state index is 0.0141. The monoisotopic (exact) mass is 643 g/mol. The Morgan fingerprint density at radius 3 is 1.87 bits per heavy atom. The van der Waals surface area contributed by atoms with Gasteiger partial charge in [0.25, 0.3) is 0 Å². The number of ether oxygens (including phenoxy) is 4. The Labute approximate surface area is 272 Å². The second-order valence-electron chi connectivity index (χ2n) is 11.1. The predicted molar refractivity (Wildman–Crippen MR) is 176 cm³/mol. The summed E-state index contributed by atoms with van der Waals surface area (Å²) in [6, 6.07) is 12.3. The smallest absolute Gasteiger partial charge is 0.406 e. The fourth-order valence-electron chi connectivity index (χ4n) is 5.19. The first-order chi connectivity index (χ1) is 23.0. The number of hydrogen-bond acceptors (Lipinski definition) is 8. The van der Waals surface area contributed by atoms with Gasteiger partial charge in [-0.15, -0.1) is 0 Å². The molecule has 12 nitrogen and oxygen atoms in total. The van der Waals surface area contributed by atoms with Crippen LogP contribution in [-0.2, 0) is 48.1 Å². The lowest BCUT2D eigenvalue weighted by Gasteiger charge is -2.09. The number of aromatic nitrogens is 1. The van der Waals surface area contributed by atoms with Crippen molar-refractivity contribution in [2.45, 2.75) is 64.5 Å². The number of nitrogens with two attached hydrogens (primary N) is 1. The molecule has 0 aliphatic carbocycles. The molecule has 3 rings (SSSR count). The standard InChI is InChI=1S/C34H50N4O8/c1-43-18-6-20-45-22-16-37-33(41)10-5-8-27-12-14-29-28-13-11-26(23-30(28)38(31(29)24-27)25-46-34(35)42)7-4-9-32(40)36-15-21-44-19-3-2-17-39/h11-14,23-24,39H,2-10,15-22,25H2,1H3,(H2,35,42)(H,36,40)(H,37,41)/i/hD. The van der Waals surface area contributed by atoms with Gasteiger partial charge in [-0.2, -0.15) is 0 Å². The SMILES string of the molecule is [2H]NC(=O)OCn1c2cc(CCCC(=O)NCCOCCCCO)ccc2c2ccc(CCCC(=O)NCCOCCCOC)cc21. The number of amides is 3. The van der Waals surface area contributed by atoms with E-state index in [0.29, 0.717) is 91.1 Å². The maximum absolute atomic E-state index is 12.3. The van der Waals surface area contributed by atoms with Crippen LogP contribution in [0.5, 0.6) is 0 Å². The molecule has 0 saturated carbocycles. The molecule has 0 saturated heterocycles. The number of primary amides is 1. The first-order valence-electron chi connectivity index (χ1n) is 16.6. The maximum atomic E-state index is 12.3. The van der Waals surface area contributed by atoms with Crippen molar-refractivity contribution in [2.24, 2.45) is 5.73 Å². The first kappa shape index (κ1) is 35.1. The second-order valence-corrected chi connectivity index (χ2v) is 11.1. The van der Waals surface area contributed by atoms with E-state index in [0.717, 1.165) is 45.8 Å². The zero-order chi connectivity index (χ0) is 33.7. The van der Waals surface area contributed by atoms with Crippen LogP contribution >= 0.6 is 0 Å². The highest BCUT2D eigenvalue weighted by molar-refractivity contribution is 6.08. The molecule has 3 amide bonds. The Balaban J connectivity index is 1.57. The molecule has 254 valence electrons. The molecular formula is C34H50N4O8. The van der Waals surface area contributed by atoms with Crippen molar-refractivity contribution in [3.63, 3.8) is 0 Å². The maximum Gasteiger partial charge on any atom is 0.406 e. The van der Waals surface area contributed by atoms with Gasteiger partial charge in [-0.05, 0) is 68.2 Å². The van der Waals surface area contributed by atoms with Crippen LogP contribution in [0.2, 0.25) is 1.41 Å². The van der Waals surface area contributed by atoms with E-state index in [1.807, 2.05) is 10.6 Å². The van der Waals surface area contributed by atoms with Gasteiger partial charge in [0.15, 0.2) is 8.14 Å². The minimum Gasteiger partial charge on any atom is -0.428 e. The van der Waals surface area contributed by atoms with Crippen LogP contribution < -0.4 is 16.4 Å². The lowest BCUT2D eigenvalue weighted by atomic mass is 10.0. The van der Waals surface area contributed by atoms with Crippen molar-refractivity contribution in [3.05, 3.63) is 47.5 Å². The number of methoxy groups -OCH3 is 1. The van der Waals surface area contributed by atoms with E-state index in [4.69, 9.17) is 25.5 Å². The summed E-state index contributed by atoms with van der Waals surface area (Å²) in [5.74, 6) is -0.0403. The zero-order valence-electron chi connectivity index (χ0n) is 27.9. The van der Waals surface area contributed by atoms with Crippen LogP contribution in [0.15, 0.2) is 36.4 Å². The molecule has 3 aromatic rings. The van der Waals surface area contributed by atoms with Gasteiger partial charge in [-0.25, -0.2) is 4.79 Å². The molecule has 0 unspecified atom stereocenters. The molecule has 46 heavy (non-hydrogen) atoms. The number of hydrogen-bond donors (Lipinski definition) is 4. The van der Waals surface area contributed by atoms with Crippen LogP contribution in [0.4, 0.5) is 4.79 Å². The largest absolute Gasteiger partial charge is 0.428 e. The number of fused-ring (bicyclic) bond motifs is 3. The van der Waals surface area contributed by atoms with Crippen molar-refractivity contribution in [1.29, 1.82) is 0 Å². The van der Waals surface area contributed by atoms with E-state index >= 15 is 0 Å². The van der Waals surface area contributed by atoms with Gasteiger partial charge >= 0.3 is 6.09 Å². The quantitative estimate of drug-likeness (QED) is 0.108. The third-order valence-electron chi connectivity index (χ3n) is 7.53. The van der Waals surface area contributed by atoms with E-state index < -0.39 is 6.09 Å². The highest BCUT2D eigenvalue weighted by atomic mass is 16.6. The van der Waals surface area contributed by atoms with Gasteiger partial charge in [0.1, 0.15) is 0 Å². The number of nitrogens with one attached hydrogen (secondary N) is 2. The van der Waals surface area contributed by atoms with Gasteiger partial charge in [0.05, 0.1) is 24.2 Å². The van der Waals surface area contributed by atoms with Crippen molar-refractivity contribution >= 4 is 39.7 Å².